The molecule has 0 fully saturated rings. The molecule has 2 aromatic rings. The van der Waals surface area contributed by atoms with Gasteiger partial charge in [-0.3, -0.25) is 18.6 Å². The monoisotopic (exact) mass is 544 g/mol. The molecule has 0 aromatic heterocycles. The summed E-state index contributed by atoms with van der Waals surface area (Å²) in [5.41, 5.74) is 0.773. The molecule has 0 spiro atoms. The fourth-order valence-corrected chi connectivity index (χ4v) is 4.62. The zero-order valence-electron chi connectivity index (χ0n) is 21.7. The third kappa shape index (κ3) is 9.47. The van der Waals surface area contributed by atoms with Gasteiger partial charge in [0.15, 0.2) is 5.78 Å². The highest BCUT2D eigenvalue weighted by atomic mass is 32.2. The number of carbonyl (C=O) groups is 4. The molecule has 2 aromatic carbocycles. The zero-order chi connectivity index (χ0) is 28.2. The molecular weight excluding hydrogens is 512 g/mol. The van der Waals surface area contributed by atoms with Crippen LogP contribution in [0, 0.1) is 5.92 Å². The Morgan fingerprint density at radius 3 is 2.29 bits per heavy atom. The minimum atomic E-state index is -1.64. The maximum atomic E-state index is 13.0. The van der Waals surface area contributed by atoms with Gasteiger partial charge in [-0.05, 0) is 29.7 Å². The Balaban J connectivity index is 2.12. The average molecular weight is 545 g/mol. The lowest BCUT2D eigenvalue weighted by molar-refractivity contribution is -0.132. The van der Waals surface area contributed by atoms with E-state index >= 15 is 0 Å². The van der Waals surface area contributed by atoms with Crippen molar-refractivity contribution in [2.45, 2.75) is 32.1 Å². The number of benzene rings is 2. The number of ether oxygens (including phenoxy) is 2. The average Bonchev–Trinajstić information content (AvgIpc) is 2.86. The summed E-state index contributed by atoms with van der Waals surface area (Å²) in [7, 11) is 1.32. The lowest BCUT2D eigenvalue weighted by Gasteiger charge is -2.22. The van der Waals surface area contributed by atoms with Gasteiger partial charge in [0.05, 0.1) is 38.2 Å². The van der Waals surface area contributed by atoms with Gasteiger partial charge in [0, 0.05) is 22.1 Å². The van der Waals surface area contributed by atoms with Gasteiger partial charge in [0.1, 0.15) is 17.5 Å². The van der Waals surface area contributed by atoms with Crippen LogP contribution in [0.15, 0.2) is 60.3 Å². The van der Waals surface area contributed by atoms with Crippen LogP contribution in [0.25, 0.3) is 0 Å². The molecule has 11 heteroatoms. The first-order valence-corrected chi connectivity index (χ1v) is 13.2. The van der Waals surface area contributed by atoms with Crippen molar-refractivity contribution in [1.29, 1.82) is 0 Å². The minimum absolute atomic E-state index is 0.0965. The van der Waals surface area contributed by atoms with Crippen molar-refractivity contribution in [3.8, 4) is 11.5 Å². The highest BCUT2D eigenvalue weighted by Gasteiger charge is 2.27. The normalized spacial score (nSPS) is 12.8. The molecular formula is C27H32N2O8S. The molecule has 0 aliphatic carbocycles. The number of allylic oxidation sites excluding steroid dienone is 1. The number of aliphatic carboxylic acids is 1. The third-order valence-electron chi connectivity index (χ3n) is 5.39. The SMILES string of the molecule is COc1ccc(OC)c(CC(=O)N[C@H](C(=O)N/C(=C/C(=O)O)C(=O)CS(=O)Cc2ccccc2)C(C)C)c1. The first kappa shape index (κ1) is 30.2. The number of ketones is 1. The van der Waals surface area contributed by atoms with Crippen molar-refractivity contribution >= 4 is 34.4 Å². The smallest absolute Gasteiger partial charge is 0.330 e. The number of carbonyl (C=O) groups excluding carboxylic acids is 3. The third-order valence-corrected chi connectivity index (χ3v) is 6.63. The molecule has 2 atom stereocenters. The van der Waals surface area contributed by atoms with Crippen molar-refractivity contribution in [2.24, 2.45) is 5.92 Å². The Hall–Kier alpha value is -3.99. The number of rotatable bonds is 14. The number of carboxylic acid groups (broad SMARTS) is 1. The second kappa shape index (κ2) is 14.7. The quantitative estimate of drug-likeness (QED) is 0.306. The predicted octanol–water partition coefficient (Wildman–Crippen LogP) is 1.99. The Kier molecular flexibility index (Phi) is 11.7. The van der Waals surface area contributed by atoms with E-state index in [1.54, 1.807) is 62.4 Å². The number of carboxylic acids is 1. The van der Waals surface area contributed by atoms with E-state index in [0.29, 0.717) is 23.1 Å². The second-order valence-electron chi connectivity index (χ2n) is 8.67. The van der Waals surface area contributed by atoms with Gasteiger partial charge in [-0.25, -0.2) is 4.79 Å². The molecule has 0 saturated heterocycles. The maximum absolute atomic E-state index is 13.0. The molecule has 10 nitrogen and oxygen atoms in total. The summed E-state index contributed by atoms with van der Waals surface area (Å²) in [6.07, 6.45) is 0.437. The van der Waals surface area contributed by atoms with Crippen molar-refractivity contribution in [1.82, 2.24) is 10.6 Å². The maximum Gasteiger partial charge on any atom is 0.330 e. The largest absolute Gasteiger partial charge is 0.497 e. The van der Waals surface area contributed by atoms with Gasteiger partial charge in [-0.15, -0.1) is 0 Å². The van der Waals surface area contributed by atoms with E-state index in [0.717, 1.165) is 5.56 Å². The van der Waals surface area contributed by atoms with E-state index in [1.807, 2.05) is 0 Å². The Labute approximate surface area is 223 Å². The van der Waals surface area contributed by atoms with Crippen molar-refractivity contribution in [2.75, 3.05) is 20.0 Å². The summed E-state index contributed by atoms with van der Waals surface area (Å²) in [6, 6.07) is 12.8. The van der Waals surface area contributed by atoms with Gasteiger partial charge in [-0.2, -0.15) is 0 Å². The van der Waals surface area contributed by atoms with Crippen LogP contribution >= 0.6 is 0 Å². The zero-order valence-corrected chi connectivity index (χ0v) is 22.5. The van der Waals surface area contributed by atoms with E-state index in [9.17, 15) is 28.5 Å². The highest BCUT2D eigenvalue weighted by Crippen LogP contribution is 2.24. The predicted molar refractivity (Wildman–Crippen MR) is 142 cm³/mol. The first-order valence-electron chi connectivity index (χ1n) is 11.7. The molecule has 204 valence electrons. The van der Waals surface area contributed by atoms with Crippen LogP contribution < -0.4 is 20.1 Å². The number of nitrogens with one attached hydrogen (secondary N) is 2. The summed E-state index contributed by atoms with van der Waals surface area (Å²) in [5.74, 6) is -3.33. The number of amides is 2. The molecule has 0 aliphatic heterocycles. The molecule has 0 bridgehead atoms. The van der Waals surface area contributed by atoms with Crippen LogP contribution in [0.4, 0.5) is 0 Å². The topological polar surface area (TPSA) is 148 Å². The van der Waals surface area contributed by atoms with Gasteiger partial charge >= 0.3 is 5.97 Å². The molecule has 0 radical (unpaired) electrons. The van der Waals surface area contributed by atoms with Crippen LogP contribution in [0.1, 0.15) is 25.0 Å². The molecule has 3 N–H and O–H groups in total. The molecule has 0 heterocycles. The van der Waals surface area contributed by atoms with E-state index < -0.39 is 57.8 Å². The number of hydrogen-bond acceptors (Lipinski definition) is 7. The van der Waals surface area contributed by atoms with Gasteiger partial charge in [-0.1, -0.05) is 44.2 Å². The summed E-state index contributed by atoms with van der Waals surface area (Å²) in [5, 5.41) is 14.2. The van der Waals surface area contributed by atoms with Crippen molar-refractivity contribution in [3.05, 3.63) is 71.4 Å². The van der Waals surface area contributed by atoms with E-state index in [1.165, 1.54) is 14.2 Å². The summed E-state index contributed by atoms with van der Waals surface area (Å²) < 4.78 is 23.0. The second-order valence-corrected chi connectivity index (χ2v) is 10.1. The van der Waals surface area contributed by atoms with Gasteiger partial charge < -0.3 is 25.2 Å². The molecule has 0 aliphatic rings. The number of hydrogen-bond donors (Lipinski definition) is 3. The Bertz CT molecular complexity index is 1210. The Morgan fingerprint density at radius 1 is 1.03 bits per heavy atom. The van der Waals surface area contributed by atoms with Crippen LogP contribution in [0.2, 0.25) is 0 Å². The number of Topliss-reactive ketones (excluding diaryl/α,β-unsaturated/α-hetero) is 1. The summed E-state index contributed by atoms with van der Waals surface area (Å²) in [4.78, 5) is 49.9. The van der Waals surface area contributed by atoms with Crippen LogP contribution in [-0.2, 0) is 42.2 Å². The lowest BCUT2D eigenvalue weighted by atomic mass is 10.0. The fraction of sp³-hybridized carbons (Fsp3) is 0.333. The van der Waals surface area contributed by atoms with Gasteiger partial charge in [0.25, 0.3) is 0 Å². The summed E-state index contributed by atoms with van der Waals surface area (Å²) in [6.45, 7) is 3.38. The van der Waals surface area contributed by atoms with Crippen LogP contribution in [0.5, 0.6) is 11.5 Å². The minimum Gasteiger partial charge on any atom is -0.497 e. The Morgan fingerprint density at radius 2 is 1.71 bits per heavy atom. The number of methoxy groups -OCH3 is 2. The molecule has 0 saturated carbocycles. The highest BCUT2D eigenvalue weighted by molar-refractivity contribution is 7.85. The first-order chi connectivity index (χ1) is 18.0. The van der Waals surface area contributed by atoms with Crippen LogP contribution in [-0.4, -0.2) is 58.9 Å². The van der Waals surface area contributed by atoms with Crippen LogP contribution in [0.3, 0.4) is 0 Å². The molecule has 1 unspecified atom stereocenters. The van der Waals surface area contributed by atoms with Crippen molar-refractivity contribution in [3.63, 3.8) is 0 Å². The summed E-state index contributed by atoms with van der Waals surface area (Å²) >= 11 is 0. The van der Waals surface area contributed by atoms with E-state index in [2.05, 4.69) is 10.6 Å². The molecule has 2 amide bonds. The van der Waals surface area contributed by atoms with E-state index in [4.69, 9.17) is 9.47 Å². The van der Waals surface area contributed by atoms with Crippen molar-refractivity contribution < 1.29 is 38.0 Å². The standard InChI is InChI=1S/C27H32N2O8S/c1-17(2)26(29-24(31)13-19-12-20(36-3)10-11-23(19)37-4)27(34)28-21(14-25(32)33)22(30)16-38(35)15-18-8-6-5-7-9-18/h5-12,14,17,26H,13,15-16H2,1-4H3,(H,28,34)(H,29,31)(H,32,33)/b21-14+/t26-,38?/m0/s1. The molecule has 38 heavy (non-hydrogen) atoms. The van der Waals surface area contributed by atoms with E-state index in [-0.39, 0.29) is 12.2 Å². The molecule has 2 rings (SSSR count). The van der Waals surface area contributed by atoms with Gasteiger partial charge in [0.2, 0.25) is 11.8 Å². The lowest BCUT2D eigenvalue weighted by Crippen LogP contribution is -2.50. The fourth-order valence-electron chi connectivity index (χ4n) is 3.51.